The second-order valence-corrected chi connectivity index (χ2v) is 8.26. The van der Waals surface area contributed by atoms with Crippen LogP contribution in [0.4, 0.5) is 0 Å². The highest BCUT2D eigenvalue weighted by molar-refractivity contribution is 5.79. The van der Waals surface area contributed by atoms with Crippen LogP contribution < -0.4 is 10.6 Å². The third-order valence-corrected chi connectivity index (χ3v) is 6.44. The average molecular weight is 390 g/mol. The molecule has 0 bridgehead atoms. The minimum atomic E-state index is -0.00124. The number of benzene rings is 1. The number of aliphatic hydroxyl groups excluding tert-OH is 1. The Labute approximate surface area is 168 Å². The fraction of sp³-hybridized carbons (Fsp3) is 0.682. The van der Waals surface area contributed by atoms with Crippen LogP contribution in [-0.4, -0.2) is 64.2 Å². The Bertz CT molecular complexity index is 650. The number of rotatable bonds is 7. The molecule has 0 aliphatic carbocycles. The van der Waals surface area contributed by atoms with Gasteiger partial charge in [-0.25, -0.2) is 0 Å². The Hall–Kier alpha value is -1.63. The number of nitrogens with zero attached hydrogens (tertiary/aromatic N) is 1. The van der Waals surface area contributed by atoms with Crippen molar-refractivity contribution in [2.75, 3.05) is 53.2 Å². The van der Waals surface area contributed by atoms with E-state index >= 15 is 0 Å². The number of hydrogen-bond donors (Lipinski definition) is 3. The molecule has 1 unspecified atom stereocenters. The van der Waals surface area contributed by atoms with E-state index in [2.05, 4.69) is 46.8 Å². The molecule has 0 spiro atoms. The van der Waals surface area contributed by atoms with Gasteiger partial charge >= 0.3 is 0 Å². The first kappa shape index (κ1) is 21.1. The molecule has 28 heavy (non-hydrogen) atoms. The summed E-state index contributed by atoms with van der Waals surface area (Å²) >= 11 is 0. The second kappa shape index (κ2) is 9.72. The lowest BCUT2D eigenvalue weighted by molar-refractivity contribution is 0.0511. The maximum atomic E-state index is 9.43. The zero-order chi connectivity index (χ0) is 19.9. The van der Waals surface area contributed by atoms with Gasteiger partial charge in [0.1, 0.15) is 0 Å². The summed E-state index contributed by atoms with van der Waals surface area (Å²) in [6.07, 6.45) is 3.73. The van der Waals surface area contributed by atoms with Crippen molar-refractivity contribution in [1.82, 2.24) is 10.6 Å². The molecule has 156 valence electrons. The van der Waals surface area contributed by atoms with E-state index in [1.165, 1.54) is 11.1 Å². The highest BCUT2D eigenvalue weighted by Gasteiger charge is 2.37. The molecular weight excluding hydrogens is 354 g/mol. The van der Waals surface area contributed by atoms with Crippen LogP contribution in [0.1, 0.15) is 36.8 Å². The van der Waals surface area contributed by atoms with Crippen molar-refractivity contribution >= 4 is 5.96 Å². The SMILES string of the molecule is CN=C(NCC1(CCO)CCOC1)NCC1(c2ccccc2C)CCOCC1. The average Bonchev–Trinajstić information content (AvgIpc) is 3.18. The molecule has 6 heteroatoms. The number of guanidine groups is 1. The number of nitrogens with one attached hydrogen (secondary N) is 2. The molecule has 2 saturated heterocycles. The molecule has 0 radical (unpaired) electrons. The van der Waals surface area contributed by atoms with Crippen molar-refractivity contribution in [3.63, 3.8) is 0 Å². The summed E-state index contributed by atoms with van der Waals surface area (Å²) in [6.45, 7) is 7.01. The van der Waals surface area contributed by atoms with E-state index in [0.29, 0.717) is 6.61 Å². The van der Waals surface area contributed by atoms with Gasteiger partial charge in [0.15, 0.2) is 5.96 Å². The number of aliphatic imine (C=N–C) groups is 1. The lowest BCUT2D eigenvalue weighted by atomic mass is 9.72. The largest absolute Gasteiger partial charge is 0.396 e. The number of ether oxygens (including phenoxy) is 2. The fourth-order valence-electron chi connectivity index (χ4n) is 4.53. The van der Waals surface area contributed by atoms with E-state index in [4.69, 9.17) is 9.47 Å². The Morgan fingerprint density at radius 1 is 1.07 bits per heavy atom. The molecule has 0 amide bonds. The van der Waals surface area contributed by atoms with Gasteiger partial charge in [0.2, 0.25) is 0 Å². The first-order valence-electron chi connectivity index (χ1n) is 10.4. The van der Waals surface area contributed by atoms with Crippen LogP contribution in [0.5, 0.6) is 0 Å². The quantitative estimate of drug-likeness (QED) is 0.491. The number of hydrogen-bond acceptors (Lipinski definition) is 4. The Morgan fingerprint density at radius 2 is 1.79 bits per heavy atom. The Morgan fingerprint density at radius 3 is 2.43 bits per heavy atom. The molecule has 1 aromatic carbocycles. The van der Waals surface area contributed by atoms with Crippen LogP contribution in [0.3, 0.4) is 0 Å². The van der Waals surface area contributed by atoms with Gasteiger partial charge in [0.25, 0.3) is 0 Å². The van der Waals surface area contributed by atoms with Gasteiger partial charge in [-0.2, -0.15) is 0 Å². The van der Waals surface area contributed by atoms with E-state index in [-0.39, 0.29) is 17.4 Å². The van der Waals surface area contributed by atoms with Gasteiger partial charge < -0.3 is 25.2 Å². The summed E-state index contributed by atoms with van der Waals surface area (Å²) in [5.74, 6) is 0.809. The van der Waals surface area contributed by atoms with Crippen LogP contribution in [-0.2, 0) is 14.9 Å². The van der Waals surface area contributed by atoms with Crippen LogP contribution in [0.15, 0.2) is 29.3 Å². The molecule has 1 aromatic rings. The number of aliphatic hydroxyl groups is 1. The predicted molar refractivity (Wildman–Crippen MR) is 112 cm³/mol. The molecule has 1 atom stereocenters. The van der Waals surface area contributed by atoms with Crippen LogP contribution >= 0.6 is 0 Å². The van der Waals surface area contributed by atoms with E-state index in [9.17, 15) is 5.11 Å². The van der Waals surface area contributed by atoms with Crippen molar-refractivity contribution in [2.24, 2.45) is 10.4 Å². The first-order chi connectivity index (χ1) is 13.6. The van der Waals surface area contributed by atoms with Crippen LogP contribution in [0, 0.1) is 12.3 Å². The van der Waals surface area contributed by atoms with Gasteiger partial charge in [-0.05, 0) is 43.7 Å². The smallest absolute Gasteiger partial charge is 0.191 e. The third kappa shape index (κ3) is 4.85. The topological polar surface area (TPSA) is 75.1 Å². The molecule has 3 N–H and O–H groups in total. The second-order valence-electron chi connectivity index (χ2n) is 8.26. The normalized spacial score (nSPS) is 24.9. The van der Waals surface area contributed by atoms with E-state index in [1.807, 2.05) is 7.05 Å². The zero-order valence-electron chi connectivity index (χ0n) is 17.3. The fourth-order valence-corrected chi connectivity index (χ4v) is 4.53. The molecule has 2 aliphatic heterocycles. The summed E-state index contributed by atoms with van der Waals surface area (Å²) in [4.78, 5) is 4.43. The summed E-state index contributed by atoms with van der Waals surface area (Å²) in [6, 6.07) is 8.68. The highest BCUT2D eigenvalue weighted by Crippen LogP contribution is 2.36. The van der Waals surface area contributed by atoms with Crippen molar-refractivity contribution in [3.8, 4) is 0 Å². The molecule has 6 nitrogen and oxygen atoms in total. The molecule has 3 rings (SSSR count). The van der Waals surface area contributed by atoms with Gasteiger partial charge in [-0.15, -0.1) is 0 Å². The lowest BCUT2D eigenvalue weighted by Gasteiger charge is -2.39. The lowest BCUT2D eigenvalue weighted by Crippen LogP contribution is -2.50. The van der Waals surface area contributed by atoms with Crippen molar-refractivity contribution in [1.29, 1.82) is 0 Å². The molecule has 2 aliphatic rings. The molecular formula is C22H35N3O3. The maximum Gasteiger partial charge on any atom is 0.191 e. The highest BCUT2D eigenvalue weighted by atomic mass is 16.5. The van der Waals surface area contributed by atoms with Gasteiger partial charge in [-0.3, -0.25) is 4.99 Å². The van der Waals surface area contributed by atoms with E-state index in [1.54, 1.807) is 0 Å². The van der Waals surface area contributed by atoms with Gasteiger partial charge in [0.05, 0.1) is 6.61 Å². The Kier molecular flexibility index (Phi) is 7.32. The minimum absolute atomic E-state index is 0.00124. The van der Waals surface area contributed by atoms with E-state index < -0.39 is 0 Å². The van der Waals surface area contributed by atoms with Gasteiger partial charge in [-0.1, -0.05) is 24.3 Å². The van der Waals surface area contributed by atoms with Crippen molar-refractivity contribution in [2.45, 2.75) is 38.0 Å². The van der Waals surface area contributed by atoms with Gasteiger partial charge in [0, 0.05) is 57.4 Å². The zero-order valence-corrected chi connectivity index (χ0v) is 17.3. The summed E-state index contributed by atoms with van der Waals surface area (Å²) in [5, 5.41) is 16.5. The number of aryl methyl sites for hydroxylation is 1. The molecule has 0 aromatic heterocycles. The van der Waals surface area contributed by atoms with Crippen LogP contribution in [0.2, 0.25) is 0 Å². The summed E-state index contributed by atoms with van der Waals surface area (Å²) in [5.41, 5.74) is 2.79. The predicted octanol–water partition coefficient (Wildman–Crippen LogP) is 2.00. The van der Waals surface area contributed by atoms with Crippen molar-refractivity contribution < 1.29 is 14.6 Å². The molecule has 2 heterocycles. The van der Waals surface area contributed by atoms with Crippen LogP contribution in [0.25, 0.3) is 0 Å². The first-order valence-corrected chi connectivity index (χ1v) is 10.4. The third-order valence-electron chi connectivity index (χ3n) is 6.44. The Balaban J connectivity index is 1.65. The van der Waals surface area contributed by atoms with Crippen molar-refractivity contribution in [3.05, 3.63) is 35.4 Å². The van der Waals surface area contributed by atoms with E-state index in [0.717, 1.165) is 64.6 Å². The minimum Gasteiger partial charge on any atom is -0.396 e. The standard InChI is InChI=1S/C22H35N3O3/c1-18-5-3-4-6-19(18)22(9-13-27-14-10-22)16-25-20(23-2)24-15-21(7-11-26)8-12-28-17-21/h3-6,26H,7-17H2,1-2H3,(H2,23,24,25). The summed E-state index contributed by atoms with van der Waals surface area (Å²) in [7, 11) is 1.81. The summed E-state index contributed by atoms with van der Waals surface area (Å²) < 4.78 is 11.3. The maximum absolute atomic E-state index is 9.43. The molecule has 0 saturated carbocycles. The molecule has 2 fully saturated rings. The monoisotopic (exact) mass is 389 g/mol.